The number of nitrogens with one attached hydrogen (secondary N) is 1. The van der Waals surface area contributed by atoms with Crippen LogP contribution in [0, 0.1) is 6.92 Å². The van der Waals surface area contributed by atoms with E-state index in [0.717, 1.165) is 0 Å². The molecule has 0 saturated carbocycles. The number of aromatic hydroxyl groups is 1. The van der Waals surface area contributed by atoms with Gasteiger partial charge in [-0.05, 0) is 63.5 Å². The summed E-state index contributed by atoms with van der Waals surface area (Å²) in [7, 11) is 0. The Balaban J connectivity index is 0.000000343. The third kappa shape index (κ3) is 5.05. The molecule has 0 spiro atoms. The van der Waals surface area contributed by atoms with E-state index in [2.05, 4.69) is 15.4 Å². The average molecular weight is 417 g/mol. The molecule has 3 aromatic rings. The Kier molecular flexibility index (Phi) is 7.06. The molecule has 7 nitrogen and oxygen atoms in total. The van der Waals surface area contributed by atoms with Crippen LogP contribution in [0.5, 0.6) is 5.75 Å². The lowest BCUT2D eigenvalue weighted by Crippen LogP contribution is -2.21. The summed E-state index contributed by atoms with van der Waals surface area (Å²) in [6, 6.07) is 4.92. The molecular weight excluding hydrogens is 392 g/mol. The van der Waals surface area contributed by atoms with Crippen molar-refractivity contribution in [2.24, 2.45) is 0 Å². The van der Waals surface area contributed by atoms with Crippen molar-refractivity contribution in [1.29, 1.82) is 0 Å². The first-order valence-electron chi connectivity index (χ1n) is 9.72. The van der Waals surface area contributed by atoms with Crippen molar-refractivity contribution in [2.75, 3.05) is 19.7 Å². The van der Waals surface area contributed by atoms with Crippen LogP contribution in [0.1, 0.15) is 42.1 Å². The second-order valence-electron chi connectivity index (χ2n) is 6.82. The molecule has 1 fully saturated rings. The number of nitrogens with zero attached hydrogens (tertiary/aromatic N) is 3. The molecular formula is C21H25ClN4O3. The van der Waals surface area contributed by atoms with Crippen molar-refractivity contribution in [2.45, 2.75) is 33.1 Å². The maximum Gasteiger partial charge on any atom is 0.339 e. The molecule has 1 saturated heterocycles. The van der Waals surface area contributed by atoms with E-state index in [1.54, 1.807) is 38.2 Å². The topological polar surface area (TPSA) is 88.8 Å². The number of rotatable bonds is 3. The van der Waals surface area contributed by atoms with E-state index in [-0.39, 0.29) is 12.4 Å². The van der Waals surface area contributed by atoms with Gasteiger partial charge in [0.05, 0.1) is 17.7 Å². The largest absolute Gasteiger partial charge is 0.507 e. The van der Waals surface area contributed by atoms with Gasteiger partial charge in [0.1, 0.15) is 17.8 Å². The number of piperidine rings is 1. The zero-order valence-electron chi connectivity index (χ0n) is 16.6. The Bertz CT molecular complexity index is 987. The van der Waals surface area contributed by atoms with E-state index < -0.39 is 5.97 Å². The molecule has 1 aromatic carbocycles. The van der Waals surface area contributed by atoms with Gasteiger partial charge < -0.3 is 15.2 Å². The van der Waals surface area contributed by atoms with Crippen molar-refractivity contribution in [3.05, 3.63) is 46.9 Å². The summed E-state index contributed by atoms with van der Waals surface area (Å²) in [6.45, 7) is 6.29. The molecule has 0 bridgehead atoms. The Labute approximate surface area is 174 Å². The summed E-state index contributed by atoms with van der Waals surface area (Å²) in [5.74, 6) is -0.343. The smallest absolute Gasteiger partial charge is 0.339 e. The predicted octanol–water partition coefficient (Wildman–Crippen LogP) is 4.00. The van der Waals surface area contributed by atoms with E-state index in [1.807, 2.05) is 0 Å². The minimum absolute atomic E-state index is 0.0916. The van der Waals surface area contributed by atoms with Crippen LogP contribution in [0.25, 0.3) is 16.8 Å². The van der Waals surface area contributed by atoms with Crippen LogP contribution in [-0.4, -0.2) is 45.4 Å². The Morgan fingerprint density at radius 1 is 1.28 bits per heavy atom. The van der Waals surface area contributed by atoms with Crippen LogP contribution >= 0.6 is 11.6 Å². The molecule has 0 unspecified atom stereocenters. The summed E-state index contributed by atoms with van der Waals surface area (Å²) in [5.41, 5.74) is 2.55. The third-order valence-electron chi connectivity index (χ3n) is 4.64. The van der Waals surface area contributed by atoms with Gasteiger partial charge in [-0.1, -0.05) is 18.0 Å². The van der Waals surface area contributed by atoms with Gasteiger partial charge in [-0.25, -0.2) is 14.3 Å². The lowest BCUT2D eigenvalue weighted by molar-refractivity contribution is 0.0526. The van der Waals surface area contributed by atoms with Crippen molar-refractivity contribution in [1.82, 2.24) is 19.9 Å². The van der Waals surface area contributed by atoms with E-state index in [4.69, 9.17) is 16.3 Å². The Hall–Kier alpha value is -2.64. The number of aromatic nitrogens is 3. The SMILES string of the molecule is C1CCNCC1.CCOC(=O)c1cc2c(-c3cc(Cl)cc(C)c3O)ncnn2c1. The number of carbonyl (C=O) groups excluding carboxylic acids is 1. The quantitative estimate of drug-likeness (QED) is 0.627. The summed E-state index contributed by atoms with van der Waals surface area (Å²) in [5, 5.41) is 18.2. The standard InChI is InChI=1S/C16H14ClN3O3.C5H11N/c1-3-23-16(22)10-5-13-14(18-8-19-20(13)7-10)12-6-11(17)4-9(2)15(12)21;1-2-4-6-5-3-1/h4-8,21H,3H2,1-2H3;6H,1-5H2. The number of halogens is 1. The van der Waals surface area contributed by atoms with Gasteiger partial charge in [0, 0.05) is 16.8 Å². The maximum absolute atomic E-state index is 11.9. The number of benzene rings is 1. The highest BCUT2D eigenvalue weighted by Gasteiger charge is 2.17. The molecule has 0 aliphatic carbocycles. The number of carbonyl (C=O) groups is 1. The minimum atomic E-state index is -0.435. The molecule has 8 heteroatoms. The van der Waals surface area contributed by atoms with Gasteiger partial charge >= 0.3 is 5.97 Å². The molecule has 2 N–H and O–H groups in total. The molecule has 0 amide bonds. The molecule has 1 aliphatic rings. The molecule has 1 aliphatic heterocycles. The highest BCUT2D eigenvalue weighted by molar-refractivity contribution is 6.31. The summed E-state index contributed by atoms with van der Waals surface area (Å²) < 4.78 is 6.51. The number of aryl methyl sites for hydroxylation is 1. The lowest BCUT2D eigenvalue weighted by Gasteiger charge is -2.08. The normalized spacial score (nSPS) is 13.6. The van der Waals surface area contributed by atoms with Gasteiger partial charge in [0.25, 0.3) is 0 Å². The highest BCUT2D eigenvalue weighted by Crippen LogP contribution is 2.35. The third-order valence-corrected chi connectivity index (χ3v) is 4.86. The van der Waals surface area contributed by atoms with E-state index in [1.165, 1.54) is 43.2 Å². The average Bonchev–Trinajstić information content (AvgIpc) is 3.17. The molecule has 154 valence electrons. The number of ether oxygens (including phenoxy) is 1. The van der Waals surface area contributed by atoms with Crippen LogP contribution in [0.4, 0.5) is 0 Å². The number of hydrogen-bond donors (Lipinski definition) is 2. The first kappa shape index (κ1) is 21.1. The number of phenols is 1. The monoisotopic (exact) mass is 416 g/mol. The zero-order valence-corrected chi connectivity index (χ0v) is 17.4. The van der Waals surface area contributed by atoms with E-state index in [9.17, 15) is 9.90 Å². The van der Waals surface area contributed by atoms with Gasteiger partial charge in [0.2, 0.25) is 0 Å². The van der Waals surface area contributed by atoms with Gasteiger partial charge in [-0.2, -0.15) is 5.10 Å². The minimum Gasteiger partial charge on any atom is -0.507 e. The predicted molar refractivity (Wildman–Crippen MR) is 113 cm³/mol. The van der Waals surface area contributed by atoms with Gasteiger partial charge in [-0.15, -0.1) is 0 Å². The van der Waals surface area contributed by atoms with Crippen molar-refractivity contribution < 1.29 is 14.6 Å². The first-order chi connectivity index (χ1) is 14.0. The number of hydrogen-bond acceptors (Lipinski definition) is 6. The fourth-order valence-corrected chi connectivity index (χ4v) is 3.45. The molecule has 0 atom stereocenters. The molecule has 29 heavy (non-hydrogen) atoms. The zero-order chi connectivity index (χ0) is 20.8. The van der Waals surface area contributed by atoms with Gasteiger partial charge in [0.15, 0.2) is 0 Å². The molecule has 2 aromatic heterocycles. The Morgan fingerprint density at radius 3 is 2.66 bits per heavy atom. The summed E-state index contributed by atoms with van der Waals surface area (Å²) in [4.78, 5) is 16.1. The molecule has 3 heterocycles. The number of esters is 1. The fraction of sp³-hybridized carbons (Fsp3) is 0.381. The second kappa shape index (κ2) is 9.71. The molecule has 4 rings (SSSR count). The number of fused-ring (bicyclic) bond motifs is 1. The first-order valence-corrected chi connectivity index (χ1v) is 10.1. The van der Waals surface area contributed by atoms with Crippen LogP contribution in [0.15, 0.2) is 30.7 Å². The van der Waals surface area contributed by atoms with Crippen molar-refractivity contribution >= 4 is 23.1 Å². The maximum atomic E-state index is 11.9. The van der Waals surface area contributed by atoms with Crippen LogP contribution in [0.2, 0.25) is 5.02 Å². The van der Waals surface area contributed by atoms with Crippen LogP contribution < -0.4 is 5.32 Å². The van der Waals surface area contributed by atoms with Crippen LogP contribution in [-0.2, 0) is 4.74 Å². The van der Waals surface area contributed by atoms with E-state index >= 15 is 0 Å². The fourth-order valence-electron chi connectivity index (χ4n) is 3.18. The van der Waals surface area contributed by atoms with Crippen LogP contribution in [0.3, 0.4) is 0 Å². The Morgan fingerprint density at radius 2 is 2.03 bits per heavy atom. The van der Waals surface area contributed by atoms with Crippen molar-refractivity contribution in [3.8, 4) is 17.0 Å². The number of phenolic OH excluding ortho intramolecular Hbond substituents is 1. The molecule has 0 radical (unpaired) electrons. The van der Waals surface area contributed by atoms with Crippen molar-refractivity contribution in [3.63, 3.8) is 0 Å². The lowest BCUT2D eigenvalue weighted by atomic mass is 10.1. The van der Waals surface area contributed by atoms with E-state index in [0.29, 0.717) is 32.9 Å². The second-order valence-corrected chi connectivity index (χ2v) is 7.25. The summed E-state index contributed by atoms with van der Waals surface area (Å²) in [6.07, 6.45) is 7.13. The van der Waals surface area contributed by atoms with Gasteiger partial charge in [-0.3, -0.25) is 0 Å². The highest BCUT2D eigenvalue weighted by atomic mass is 35.5. The summed E-state index contributed by atoms with van der Waals surface area (Å²) >= 11 is 6.08.